The first-order valence-electron chi connectivity index (χ1n) is 4.22. The van der Waals surface area contributed by atoms with Gasteiger partial charge >= 0.3 is 0 Å². The summed E-state index contributed by atoms with van der Waals surface area (Å²) in [5, 5.41) is 17.8. The zero-order chi connectivity index (χ0) is 9.26. The smallest absolute Gasteiger partial charge is 0.116 e. The number of rotatable bonds is 0. The maximum atomic E-state index is 9.27. The topological polar surface area (TPSA) is 44.0 Å². The summed E-state index contributed by atoms with van der Waals surface area (Å²) in [6.45, 7) is 0. The predicted octanol–water partition coefficient (Wildman–Crippen LogP) is 2.25. The van der Waals surface area contributed by atoms with Gasteiger partial charge in [0.2, 0.25) is 0 Å². The Balaban J connectivity index is 2.54. The van der Waals surface area contributed by atoms with Gasteiger partial charge in [-0.3, -0.25) is 0 Å². The van der Waals surface area contributed by atoms with Gasteiger partial charge in [-0.05, 0) is 41.7 Å². The fourth-order valence-electron chi connectivity index (χ4n) is 1.71. The number of fused-ring (bicyclic) bond motifs is 1. The number of aromatic hydroxyl groups is 1. The quantitative estimate of drug-likeness (QED) is 0.608. The van der Waals surface area contributed by atoms with Crippen LogP contribution in [-0.4, -0.2) is 5.11 Å². The number of hydrogen-bond donors (Lipinski definition) is 1. The summed E-state index contributed by atoms with van der Waals surface area (Å²) in [4.78, 5) is 0. The van der Waals surface area contributed by atoms with Crippen molar-refractivity contribution in [1.29, 1.82) is 5.26 Å². The normalized spacial score (nSPS) is 17.0. The van der Waals surface area contributed by atoms with Crippen molar-refractivity contribution in [3.63, 3.8) is 0 Å². The van der Waals surface area contributed by atoms with Gasteiger partial charge in [-0.2, -0.15) is 5.26 Å². The highest BCUT2D eigenvalue weighted by molar-refractivity contribution is 5.74. The molecule has 0 heterocycles. The van der Waals surface area contributed by atoms with Crippen LogP contribution in [-0.2, 0) is 6.42 Å². The Morgan fingerprint density at radius 1 is 1.38 bits per heavy atom. The third-order valence-corrected chi connectivity index (χ3v) is 2.34. The van der Waals surface area contributed by atoms with Crippen molar-refractivity contribution in [2.75, 3.05) is 0 Å². The van der Waals surface area contributed by atoms with Gasteiger partial charge in [-0.15, -0.1) is 0 Å². The van der Waals surface area contributed by atoms with Crippen molar-refractivity contribution in [3.8, 4) is 11.8 Å². The molecule has 0 saturated heterocycles. The Morgan fingerprint density at radius 3 is 3.00 bits per heavy atom. The number of allylic oxidation sites excluding steroid dienone is 2. The number of nitrogens with zero attached hydrogens (tertiary/aromatic N) is 1. The molecule has 2 nitrogen and oxygen atoms in total. The Hall–Kier alpha value is -1.75. The molecule has 2 rings (SSSR count). The summed E-state index contributed by atoms with van der Waals surface area (Å²) < 4.78 is 0. The fourth-order valence-corrected chi connectivity index (χ4v) is 1.71. The van der Waals surface area contributed by atoms with Crippen molar-refractivity contribution in [2.24, 2.45) is 0 Å². The Bertz CT molecular complexity index is 413. The second-order valence-electron chi connectivity index (χ2n) is 3.14. The van der Waals surface area contributed by atoms with Gasteiger partial charge in [0, 0.05) is 6.08 Å². The van der Waals surface area contributed by atoms with E-state index in [2.05, 4.69) is 0 Å². The maximum absolute atomic E-state index is 9.27. The summed E-state index contributed by atoms with van der Waals surface area (Å²) in [7, 11) is 0. The van der Waals surface area contributed by atoms with Crippen molar-refractivity contribution < 1.29 is 5.11 Å². The molecule has 0 aromatic heterocycles. The minimum absolute atomic E-state index is 0.268. The molecule has 0 aliphatic heterocycles. The Labute approximate surface area is 76.7 Å². The minimum Gasteiger partial charge on any atom is -0.508 e. The Kier molecular flexibility index (Phi) is 1.79. The molecule has 0 amide bonds. The van der Waals surface area contributed by atoms with Crippen LogP contribution >= 0.6 is 0 Å². The molecule has 1 aliphatic rings. The van der Waals surface area contributed by atoms with E-state index in [4.69, 9.17) is 5.26 Å². The van der Waals surface area contributed by atoms with Crippen molar-refractivity contribution in [1.82, 2.24) is 0 Å². The zero-order valence-electron chi connectivity index (χ0n) is 7.12. The van der Waals surface area contributed by atoms with Crippen LogP contribution in [0.4, 0.5) is 0 Å². The highest BCUT2D eigenvalue weighted by atomic mass is 16.3. The summed E-state index contributed by atoms with van der Waals surface area (Å²) in [5.41, 5.74) is 3.29. The highest BCUT2D eigenvalue weighted by Gasteiger charge is 2.15. The third-order valence-electron chi connectivity index (χ3n) is 2.34. The lowest BCUT2D eigenvalue weighted by atomic mass is 10.1. The molecule has 1 aromatic carbocycles. The molecule has 1 aliphatic carbocycles. The van der Waals surface area contributed by atoms with Crippen LogP contribution in [0.2, 0.25) is 0 Å². The van der Waals surface area contributed by atoms with Crippen LogP contribution in [0.25, 0.3) is 5.57 Å². The first kappa shape index (κ1) is 7.88. The molecule has 0 spiro atoms. The van der Waals surface area contributed by atoms with Gasteiger partial charge in [0.15, 0.2) is 0 Å². The van der Waals surface area contributed by atoms with Gasteiger partial charge < -0.3 is 5.11 Å². The number of nitriles is 1. The van der Waals surface area contributed by atoms with Gasteiger partial charge in [0.05, 0.1) is 6.07 Å². The fraction of sp³-hybridized carbons (Fsp3) is 0.182. The number of phenolic OH excluding ortho intramolecular Hbond substituents is 1. The van der Waals surface area contributed by atoms with Gasteiger partial charge in [-0.1, -0.05) is 6.07 Å². The van der Waals surface area contributed by atoms with Crippen LogP contribution in [0.3, 0.4) is 0 Å². The molecule has 13 heavy (non-hydrogen) atoms. The lowest BCUT2D eigenvalue weighted by molar-refractivity contribution is 0.475. The third kappa shape index (κ3) is 1.29. The molecular weight excluding hydrogens is 162 g/mol. The zero-order valence-corrected chi connectivity index (χ0v) is 7.12. The lowest BCUT2D eigenvalue weighted by Crippen LogP contribution is -1.79. The maximum Gasteiger partial charge on any atom is 0.116 e. The van der Waals surface area contributed by atoms with Crippen LogP contribution in [0.15, 0.2) is 24.3 Å². The number of hydrogen-bond acceptors (Lipinski definition) is 2. The standard InChI is InChI=1S/C11H9NO/c12-6-5-9-2-1-8-3-4-10(13)7-11(8)9/h3-5,7,13H,1-2H2/b9-5+. The van der Waals surface area contributed by atoms with E-state index in [1.165, 1.54) is 5.56 Å². The largest absolute Gasteiger partial charge is 0.508 e. The molecule has 1 aromatic rings. The average Bonchev–Trinajstić information content (AvgIpc) is 2.49. The second kappa shape index (κ2) is 2.95. The molecule has 0 radical (unpaired) electrons. The van der Waals surface area contributed by atoms with E-state index >= 15 is 0 Å². The summed E-state index contributed by atoms with van der Waals surface area (Å²) in [6.07, 6.45) is 3.45. The van der Waals surface area contributed by atoms with E-state index in [0.29, 0.717) is 0 Å². The first-order valence-corrected chi connectivity index (χ1v) is 4.22. The minimum atomic E-state index is 0.268. The summed E-state index contributed by atoms with van der Waals surface area (Å²) in [5.74, 6) is 0.268. The van der Waals surface area contributed by atoms with Crippen LogP contribution in [0.5, 0.6) is 5.75 Å². The van der Waals surface area contributed by atoms with Crippen LogP contribution in [0.1, 0.15) is 17.5 Å². The highest BCUT2D eigenvalue weighted by Crippen LogP contribution is 2.33. The number of aryl methyl sites for hydroxylation is 1. The first-order chi connectivity index (χ1) is 6.31. The summed E-state index contributed by atoms with van der Waals surface area (Å²) in [6, 6.07) is 7.36. The van der Waals surface area contributed by atoms with E-state index in [1.807, 2.05) is 12.1 Å². The molecule has 0 bridgehead atoms. The summed E-state index contributed by atoms with van der Waals surface area (Å²) >= 11 is 0. The van der Waals surface area contributed by atoms with Gasteiger partial charge in [0.1, 0.15) is 5.75 Å². The van der Waals surface area contributed by atoms with Crippen LogP contribution in [0, 0.1) is 11.3 Å². The van der Waals surface area contributed by atoms with Gasteiger partial charge in [-0.25, -0.2) is 0 Å². The molecule has 0 unspecified atom stereocenters. The van der Waals surface area contributed by atoms with Gasteiger partial charge in [0.25, 0.3) is 0 Å². The monoisotopic (exact) mass is 171 g/mol. The lowest BCUT2D eigenvalue weighted by Gasteiger charge is -1.99. The van der Waals surface area contributed by atoms with Crippen LogP contribution < -0.4 is 0 Å². The molecule has 0 saturated carbocycles. The van der Waals surface area contributed by atoms with E-state index in [9.17, 15) is 5.11 Å². The molecule has 1 N–H and O–H groups in total. The number of phenols is 1. The van der Waals surface area contributed by atoms with E-state index in [-0.39, 0.29) is 5.75 Å². The molecule has 0 fully saturated rings. The predicted molar refractivity (Wildman–Crippen MR) is 50.0 cm³/mol. The van der Waals surface area contributed by atoms with Crippen molar-refractivity contribution >= 4 is 5.57 Å². The number of benzene rings is 1. The van der Waals surface area contributed by atoms with E-state index in [1.54, 1.807) is 18.2 Å². The van der Waals surface area contributed by atoms with E-state index < -0.39 is 0 Å². The molecule has 0 atom stereocenters. The average molecular weight is 171 g/mol. The van der Waals surface area contributed by atoms with E-state index in [0.717, 1.165) is 24.0 Å². The molecular formula is C11H9NO. The second-order valence-corrected chi connectivity index (χ2v) is 3.14. The molecule has 2 heteroatoms. The van der Waals surface area contributed by atoms with Crippen molar-refractivity contribution in [2.45, 2.75) is 12.8 Å². The molecule has 64 valence electrons. The SMILES string of the molecule is N#C/C=C1\CCc2ccc(O)cc21. The Morgan fingerprint density at radius 2 is 2.23 bits per heavy atom. The van der Waals surface area contributed by atoms with Crippen molar-refractivity contribution in [3.05, 3.63) is 35.4 Å².